The molecule has 1 aromatic rings. The molecule has 0 aliphatic carbocycles. The molecule has 0 saturated carbocycles. The molecule has 6 heteroatoms. The molecule has 0 unspecified atom stereocenters. The number of carbonyl (C=O) groups excluding carboxylic acids is 1. The number of amidine groups is 1. The molecule has 120 valence electrons. The summed E-state index contributed by atoms with van der Waals surface area (Å²) in [5.74, 6) is -0.728. The Hall–Kier alpha value is -1.95. The third kappa shape index (κ3) is 5.11. The van der Waals surface area contributed by atoms with Gasteiger partial charge in [-0.25, -0.2) is 9.38 Å². The second kappa shape index (κ2) is 8.48. The van der Waals surface area contributed by atoms with Crippen molar-refractivity contribution in [3.8, 4) is 0 Å². The van der Waals surface area contributed by atoms with E-state index in [4.69, 9.17) is 4.74 Å². The van der Waals surface area contributed by atoms with E-state index in [0.29, 0.717) is 18.7 Å². The first-order chi connectivity index (χ1) is 10.7. The van der Waals surface area contributed by atoms with E-state index in [9.17, 15) is 9.18 Å². The van der Waals surface area contributed by atoms with Crippen LogP contribution in [-0.4, -0.2) is 49.6 Å². The Morgan fingerprint density at radius 3 is 2.64 bits per heavy atom. The van der Waals surface area contributed by atoms with E-state index in [-0.39, 0.29) is 17.7 Å². The number of rotatable bonds is 5. The number of nitrogens with zero attached hydrogens (tertiary/aromatic N) is 2. The van der Waals surface area contributed by atoms with Gasteiger partial charge in [-0.3, -0.25) is 10.1 Å². The Bertz CT molecular complexity index is 511. The molecule has 2 rings (SSSR count). The summed E-state index contributed by atoms with van der Waals surface area (Å²) in [5, 5.41) is 2.63. The van der Waals surface area contributed by atoms with Crippen molar-refractivity contribution in [3.05, 3.63) is 35.6 Å². The van der Waals surface area contributed by atoms with Gasteiger partial charge in [0.1, 0.15) is 5.82 Å². The molecule has 1 fully saturated rings. The smallest absolute Gasteiger partial charge is 0.291 e. The summed E-state index contributed by atoms with van der Waals surface area (Å²) < 4.78 is 18.2. The molecule has 1 heterocycles. The van der Waals surface area contributed by atoms with Crippen molar-refractivity contribution in [1.29, 1.82) is 0 Å². The normalized spacial score (nSPS) is 15.8. The van der Waals surface area contributed by atoms with Gasteiger partial charge in [-0.05, 0) is 57.1 Å². The van der Waals surface area contributed by atoms with Crippen LogP contribution in [0.2, 0.25) is 0 Å². The fraction of sp³-hybridized carbons (Fsp3) is 0.500. The molecule has 0 spiro atoms. The maximum atomic E-state index is 12.9. The van der Waals surface area contributed by atoms with Gasteiger partial charge in [0.25, 0.3) is 11.9 Å². The Kier molecular flexibility index (Phi) is 6.33. The van der Waals surface area contributed by atoms with E-state index >= 15 is 0 Å². The van der Waals surface area contributed by atoms with Gasteiger partial charge in [0.2, 0.25) is 0 Å². The van der Waals surface area contributed by atoms with Gasteiger partial charge >= 0.3 is 0 Å². The predicted molar refractivity (Wildman–Crippen MR) is 83.5 cm³/mol. The van der Waals surface area contributed by atoms with E-state index < -0.39 is 0 Å². The number of ether oxygens (including phenoxy) is 1. The molecule has 5 nitrogen and oxygen atoms in total. The zero-order valence-electron chi connectivity index (χ0n) is 12.8. The van der Waals surface area contributed by atoms with E-state index in [1.807, 2.05) is 6.92 Å². The van der Waals surface area contributed by atoms with Crippen LogP contribution in [0.5, 0.6) is 0 Å². The lowest BCUT2D eigenvalue weighted by molar-refractivity contribution is 0.0966. The van der Waals surface area contributed by atoms with Gasteiger partial charge in [0, 0.05) is 12.1 Å². The summed E-state index contributed by atoms with van der Waals surface area (Å²) in [4.78, 5) is 18.7. The van der Waals surface area contributed by atoms with Crippen molar-refractivity contribution in [2.75, 3.05) is 32.8 Å². The maximum Gasteiger partial charge on any atom is 0.291 e. The SMILES string of the molecule is CCOC(=NCCN1CCCC1)NC(=O)c1ccc(F)cc1. The van der Waals surface area contributed by atoms with Crippen LogP contribution in [0.3, 0.4) is 0 Å². The highest BCUT2D eigenvalue weighted by molar-refractivity contribution is 6.04. The van der Waals surface area contributed by atoms with Crippen LogP contribution in [-0.2, 0) is 4.74 Å². The first-order valence-corrected chi connectivity index (χ1v) is 7.65. The molecule has 1 saturated heterocycles. The van der Waals surface area contributed by atoms with E-state index in [1.54, 1.807) is 0 Å². The third-order valence-electron chi connectivity index (χ3n) is 3.48. The van der Waals surface area contributed by atoms with Crippen LogP contribution in [0.4, 0.5) is 4.39 Å². The lowest BCUT2D eigenvalue weighted by atomic mass is 10.2. The molecule has 1 aliphatic rings. The summed E-state index contributed by atoms with van der Waals surface area (Å²) in [6.45, 7) is 5.93. The van der Waals surface area contributed by atoms with Crippen LogP contribution in [0.15, 0.2) is 29.3 Å². The van der Waals surface area contributed by atoms with E-state index in [1.165, 1.54) is 37.1 Å². The van der Waals surface area contributed by atoms with Gasteiger partial charge in [0.15, 0.2) is 0 Å². The molecule has 0 aromatic heterocycles. The van der Waals surface area contributed by atoms with Crippen molar-refractivity contribution in [3.63, 3.8) is 0 Å². The lowest BCUT2D eigenvalue weighted by Crippen LogP contribution is -2.33. The van der Waals surface area contributed by atoms with Crippen LogP contribution in [0.1, 0.15) is 30.1 Å². The number of halogens is 1. The highest BCUT2D eigenvalue weighted by atomic mass is 19.1. The second-order valence-electron chi connectivity index (χ2n) is 5.13. The molecule has 0 radical (unpaired) electrons. The zero-order valence-corrected chi connectivity index (χ0v) is 12.8. The number of carbonyl (C=O) groups is 1. The summed E-state index contributed by atoms with van der Waals surface area (Å²) in [6.07, 6.45) is 2.48. The van der Waals surface area contributed by atoms with Gasteiger partial charge < -0.3 is 9.64 Å². The number of amides is 1. The van der Waals surface area contributed by atoms with Crippen LogP contribution in [0.25, 0.3) is 0 Å². The molecular weight excluding hydrogens is 285 g/mol. The minimum absolute atomic E-state index is 0.219. The minimum atomic E-state index is -0.374. The maximum absolute atomic E-state index is 12.9. The molecule has 1 aliphatic heterocycles. The highest BCUT2D eigenvalue weighted by Gasteiger charge is 2.12. The summed E-state index contributed by atoms with van der Waals surface area (Å²) in [7, 11) is 0. The van der Waals surface area contributed by atoms with Crippen LogP contribution in [0, 0.1) is 5.82 Å². The van der Waals surface area contributed by atoms with Crippen molar-refractivity contribution in [2.45, 2.75) is 19.8 Å². The number of nitrogens with one attached hydrogen (secondary N) is 1. The minimum Gasteiger partial charge on any atom is -0.465 e. The monoisotopic (exact) mass is 307 g/mol. The topological polar surface area (TPSA) is 53.9 Å². The third-order valence-corrected chi connectivity index (χ3v) is 3.48. The Balaban J connectivity index is 1.88. The molecule has 22 heavy (non-hydrogen) atoms. The number of hydrogen-bond donors (Lipinski definition) is 1. The van der Waals surface area contributed by atoms with Crippen molar-refractivity contribution >= 4 is 11.9 Å². The largest absolute Gasteiger partial charge is 0.465 e. The Morgan fingerprint density at radius 1 is 1.32 bits per heavy atom. The molecule has 1 N–H and O–H groups in total. The quantitative estimate of drug-likeness (QED) is 0.669. The molecular formula is C16H22FN3O2. The number of benzene rings is 1. The Morgan fingerprint density at radius 2 is 2.00 bits per heavy atom. The molecule has 0 bridgehead atoms. The molecule has 1 aromatic carbocycles. The van der Waals surface area contributed by atoms with Gasteiger partial charge in [-0.1, -0.05) is 0 Å². The number of hydrogen-bond acceptors (Lipinski definition) is 4. The van der Waals surface area contributed by atoms with Gasteiger partial charge in [-0.2, -0.15) is 0 Å². The van der Waals surface area contributed by atoms with Crippen LogP contribution >= 0.6 is 0 Å². The Labute approximate surface area is 130 Å². The van der Waals surface area contributed by atoms with Gasteiger partial charge in [-0.15, -0.1) is 0 Å². The molecule has 1 amide bonds. The fourth-order valence-electron chi connectivity index (χ4n) is 2.33. The van der Waals surface area contributed by atoms with Gasteiger partial charge in [0.05, 0.1) is 13.2 Å². The van der Waals surface area contributed by atoms with E-state index in [0.717, 1.165) is 19.6 Å². The first kappa shape index (κ1) is 16.4. The average molecular weight is 307 g/mol. The highest BCUT2D eigenvalue weighted by Crippen LogP contribution is 2.06. The lowest BCUT2D eigenvalue weighted by Gasteiger charge is -2.13. The summed E-state index contributed by atoms with van der Waals surface area (Å²) >= 11 is 0. The first-order valence-electron chi connectivity index (χ1n) is 7.65. The number of likely N-dealkylation sites (tertiary alicyclic amines) is 1. The van der Waals surface area contributed by atoms with Crippen LogP contribution < -0.4 is 5.32 Å². The average Bonchev–Trinajstić information content (AvgIpc) is 3.01. The van der Waals surface area contributed by atoms with Crippen molar-refractivity contribution < 1.29 is 13.9 Å². The van der Waals surface area contributed by atoms with Crippen molar-refractivity contribution in [2.24, 2.45) is 4.99 Å². The fourth-order valence-corrected chi connectivity index (χ4v) is 2.33. The molecule has 0 atom stereocenters. The second-order valence-corrected chi connectivity index (χ2v) is 5.13. The standard InChI is InChI=1S/C16H22FN3O2/c1-2-22-16(18-9-12-20-10-3-4-11-20)19-15(21)13-5-7-14(17)8-6-13/h5-8H,2-4,9-12H2,1H3,(H,18,19,21). The number of aliphatic imine (C=N–C) groups is 1. The van der Waals surface area contributed by atoms with E-state index in [2.05, 4.69) is 15.2 Å². The van der Waals surface area contributed by atoms with Crippen molar-refractivity contribution in [1.82, 2.24) is 10.2 Å². The zero-order chi connectivity index (χ0) is 15.8. The summed E-state index contributed by atoms with van der Waals surface area (Å²) in [5.41, 5.74) is 0.369. The summed E-state index contributed by atoms with van der Waals surface area (Å²) in [6, 6.07) is 5.58. The predicted octanol–water partition coefficient (Wildman–Crippen LogP) is 2.04.